The molecular formula is C12H7N5S. The summed E-state index contributed by atoms with van der Waals surface area (Å²) in [6.07, 6.45) is 1.74. The summed E-state index contributed by atoms with van der Waals surface area (Å²) in [4.78, 5) is 13.3. The van der Waals surface area contributed by atoms with Gasteiger partial charge in [0.05, 0.1) is 11.0 Å². The molecule has 4 rings (SSSR count). The average Bonchev–Trinajstić information content (AvgIpc) is 3.05. The third-order valence-electron chi connectivity index (χ3n) is 2.76. The minimum absolute atomic E-state index is 0.645. The van der Waals surface area contributed by atoms with Crippen LogP contribution in [0.3, 0.4) is 0 Å². The molecule has 1 aromatic carbocycles. The molecule has 86 valence electrons. The molecule has 0 unspecified atom stereocenters. The predicted molar refractivity (Wildman–Crippen MR) is 70.3 cm³/mol. The molecule has 0 spiro atoms. The maximum absolute atomic E-state index is 4.53. The molecule has 3 aromatic heterocycles. The molecule has 0 saturated carbocycles. The van der Waals surface area contributed by atoms with Gasteiger partial charge < -0.3 is 0 Å². The van der Waals surface area contributed by atoms with Gasteiger partial charge in [-0.15, -0.1) is 0 Å². The molecule has 4 aromatic rings. The maximum atomic E-state index is 4.53. The first-order valence-corrected chi connectivity index (χ1v) is 6.21. The first kappa shape index (κ1) is 9.67. The van der Waals surface area contributed by atoms with E-state index in [1.807, 2.05) is 30.3 Å². The summed E-state index contributed by atoms with van der Waals surface area (Å²) in [5, 5.41) is 0. The molecule has 0 saturated heterocycles. The summed E-state index contributed by atoms with van der Waals surface area (Å²) in [5.74, 6) is 0.645. The minimum atomic E-state index is 0.645. The Kier molecular flexibility index (Phi) is 1.92. The number of H-pyrrole nitrogens is 1. The number of fused-ring (bicyclic) bond motifs is 3. The summed E-state index contributed by atoms with van der Waals surface area (Å²) in [7, 11) is 0. The van der Waals surface area contributed by atoms with Gasteiger partial charge in [0.25, 0.3) is 0 Å². The largest absolute Gasteiger partial charge is 0.293 e. The SMILES string of the molecule is c1ccc(-c2nc3ccc4[nH]snc4c3n2)nc1. The number of nitrogens with one attached hydrogen (secondary N) is 1. The van der Waals surface area contributed by atoms with Crippen LogP contribution in [0, 0.1) is 0 Å². The van der Waals surface area contributed by atoms with Crippen molar-refractivity contribution in [2.24, 2.45) is 0 Å². The summed E-state index contributed by atoms with van der Waals surface area (Å²) < 4.78 is 7.42. The van der Waals surface area contributed by atoms with Crippen LogP contribution >= 0.6 is 11.7 Å². The third kappa shape index (κ3) is 1.32. The van der Waals surface area contributed by atoms with Crippen LogP contribution in [0.25, 0.3) is 33.6 Å². The van der Waals surface area contributed by atoms with Gasteiger partial charge in [0, 0.05) is 17.9 Å². The van der Waals surface area contributed by atoms with E-state index in [4.69, 9.17) is 0 Å². The molecular weight excluding hydrogens is 246 g/mol. The fraction of sp³-hybridized carbons (Fsp3) is 0. The second kappa shape index (κ2) is 3.58. The molecule has 0 aliphatic rings. The lowest BCUT2D eigenvalue weighted by molar-refractivity contribution is 1.24. The van der Waals surface area contributed by atoms with Gasteiger partial charge in [0.15, 0.2) is 5.82 Å². The Labute approximate surface area is 106 Å². The Bertz CT molecular complexity index is 833. The van der Waals surface area contributed by atoms with Crippen molar-refractivity contribution in [3.63, 3.8) is 0 Å². The van der Waals surface area contributed by atoms with Gasteiger partial charge in [0.1, 0.15) is 16.7 Å². The number of pyridine rings is 1. The van der Waals surface area contributed by atoms with Crippen molar-refractivity contribution < 1.29 is 0 Å². The van der Waals surface area contributed by atoms with Crippen LogP contribution in [0.2, 0.25) is 0 Å². The van der Waals surface area contributed by atoms with Crippen LogP contribution in [0.4, 0.5) is 0 Å². The van der Waals surface area contributed by atoms with Gasteiger partial charge in [-0.05, 0) is 24.3 Å². The summed E-state index contributed by atoms with van der Waals surface area (Å²) in [5.41, 5.74) is 4.31. The zero-order valence-electron chi connectivity index (χ0n) is 9.16. The number of nitrogens with zero attached hydrogens (tertiary/aromatic N) is 4. The normalized spacial score (nSPS) is 11.3. The summed E-state index contributed by atoms with van der Waals surface area (Å²) >= 11 is 1.31. The first-order chi connectivity index (χ1) is 8.92. The Morgan fingerprint density at radius 2 is 2.00 bits per heavy atom. The summed E-state index contributed by atoms with van der Waals surface area (Å²) in [6, 6.07) is 9.62. The molecule has 0 atom stereocenters. The molecule has 0 aliphatic carbocycles. The Morgan fingerprint density at radius 3 is 2.89 bits per heavy atom. The number of aromatic amines is 1. The maximum Gasteiger partial charge on any atom is 0.179 e. The van der Waals surface area contributed by atoms with Crippen molar-refractivity contribution in [3.8, 4) is 11.5 Å². The van der Waals surface area contributed by atoms with E-state index in [2.05, 4.69) is 23.7 Å². The summed E-state index contributed by atoms with van der Waals surface area (Å²) in [6.45, 7) is 0. The van der Waals surface area contributed by atoms with E-state index in [0.29, 0.717) is 5.82 Å². The van der Waals surface area contributed by atoms with Crippen molar-refractivity contribution in [1.82, 2.24) is 23.7 Å². The van der Waals surface area contributed by atoms with E-state index < -0.39 is 0 Å². The van der Waals surface area contributed by atoms with Gasteiger partial charge in [0.2, 0.25) is 0 Å². The number of aromatic nitrogens is 5. The monoisotopic (exact) mass is 253 g/mol. The highest BCUT2D eigenvalue weighted by molar-refractivity contribution is 7.00. The molecule has 0 bridgehead atoms. The Balaban J connectivity index is 2.04. The van der Waals surface area contributed by atoms with E-state index >= 15 is 0 Å². The van der Waals surface area contributed by atoms with Gasteiger partial charge >= 0.3 is 0 Å². The predicted octanol–water partition coefficient (Wildman–Crippen LogP) is 2.63. The smallest absolute Gasteiger partial charge is 0.179 e. The molecule has 0 radical (unpaired) electrons. The van der Waals surface area contributed by atoms with Crippen molar-refractivity contribution in [2.75, 3.05) is 0 Å². The molecule has 3 heterocycles. The lowest BCUT2D eigenvalue weighted by atomic mass is 10.3. The number of hydrogen-bond donors (Lipinski definition) is 1. The number of benzene rings is 1. The minimum Gasteiger partial charge on any atom is -0.293 e. The highest BCUT2D eigenvalue weighted by atomic mass is 32.1. The van der Waals surface area contributed by atoms with Gasteiger partial charge in [-0.3, -0.25) is 9.36 Å². The van der Waals surface area contributed by atoms with E-state index in [9.17, 15) is 0 Å². The molecule has 5 nitrogen and oxygen atoms in total. The van der Waals surface area contributed by atoms with Crippen LogP contribution in [-0.2, 0) is 0 Å². The van der Waals surface area contributed by atoms with Gasteiger partial charge in [-0.25, -0.2) is 9.97 Å². The van der Waals surface area contributed by atoms with Crippen LogP contribution < -0.4 is 0 Å². The fourth-order valence-electron chi connectivity index (χ4n) is 1.92. The fourth-order valence-corrected chi connectivity index (χ4v) is 2.50. The third-order valence-corrected chi connectivity index (χ3v) is 3.35. The van der Waals surface area contributed by atoms with Crippen LogP contribution in [-0.4, -0.2) is 23.7 Å². The van der Waals surface area contributed by atoms with E-state index in [0.717, 1.165) is 27.8 Å². The zero-order valence-corrected chi connectivity index (χ0v) is 9.98. The van der Waals surface area contributed by atoms with Crippen LogP contribution in [0.15, 0.2) is 36.5 Å². The zero-order chi connectivity index (χ0) is 11.9. The highest BCUT2D eigenvalue weighted by Crippen LogP contribution is 2.24. The second-order valence-electron chi connectivity index (χ2n) is 3.88. The lowest BCUT2D eigenvalue weighted by Crippen LogP contribution is -1.83. The van der Waals surface area contributed by atoms with Crippen molar-refractivity contribution in [1.29, 1.82) is 0 Å². The van der Waals surface area contributed by atoms with E-state index in [1.165, 1.54) is 11.7 Å². The number of hydrogen-bond acceptors (Lipinski definition) is 5. The Morgan fingerprint density at radius 1 is 1.00 bits per heavy atom. The quantitative estimate of drug-likeness (QED) is 0.566. The van der Waals surface area contributed by atoms with Crippen LogP contribution in [0.1, 0.15) is 0 Å². The topological polar surface area (TPSA) is 67.3 Å². The van der Waals surface area contributed by atoms with Crippen molar-refractivity contribution >= 4 is 33.8 Å². The van der Waals surface area contributed by atoms with Gasteiger partial charge in [-0.2, -0.15) is 4.37 Å². The molecule has 0 amide bonds. The van der Waals surface area contributed by atoms with E-state index in [-0.39, 0.29) is 0 Å². The average molecular weight is 253 g/mol. The second-order valence-corrected chi connectivity index (χ2v) is 4.45. The molecule has 0 aliphatic heterocycles. The highest BCUT2D eigenvalue weighted by Gasteiger charge is 2.11. The molecule has 0 fully saturated rings. The lowest BCUT2D eigenvalue weighted by Gasteiger charge is -1.90. The first-order valence-electron chi connectivity index (χ1n) is 5.44. The van der Waals surface area contributed by atoms with Crippen molar-refractivity contribution in [3.05, 3.63) is 36.5 Å². The molecule has 6 heteroatoms. The Hall–Kier alpha value is -2.34. The number of imidazole rings is 1. The van der Waals surface area contributed by atoms with Crippen molar-refractivity contribution in [2.45, 2.75) is 0 Å². The van der Waals surface area contributed by atoms with Gasteiger partial charge in [-0.1, -0.05) is 6.07 Å². The standard InChI is InChI=1S/C12H7N5S/c1-2-6-13-9(3-1)12-14-7-4-5-8-11(10(7)15-12)17-18-16-8/h1-6,16H. The van der Waals surface area contributed by atoms with E-state index in [1.54, 1.807) is 6.20 Å². The molecule has 1 N–H and O–H groups in total. The van der Waals surface area contributed by atoms with Crippen LogP contribution in [0.5, 0.6) is 0 Å². The number of rotatable bonds is 1. The molecule has 18 heavy (non-hydrogen) atoms.